The van der Waals surface area contributed by atoms with Crippen LogP contribution >= 0.6 is 0 Å². The number of benzene rings is 2. The molecule has 0 radical (unpaired) electrons. The first-order valence-electron chi connectivity index (χ1n) is 8.19. The minimum Gasteiger partial charge on any atom is -0.481 e. The van der Waals surface area contributed by atoms with Gasteiger partial charge in [-0.05, 0) is 54.9 Å². The Balaban J connectivity index is 1.66. The average Bonchev–Trinajstić information content (AvgIpc) is 3.10. The van der Waals surface area contributed by atoms with Crippen LogP contribution in [0.1, 0.15) is 18.9 Å². The second-order valence-corrected chi connectivity index (χ2v) is 5.75. The lowest BCUT2D eigenvalue weighted by molar-refractivity contribution is -0.122. The van der Waals surface area contributed by atoms with E-state index < -0.39 is 12.0 Å². The second-order valence-electron chi connectivity index (χ2n) is 5.75. The van der Waals surface area contributed by atoms with Gasteiger partial charge in [-0.3, -0.25) is 10.1 Å². The summed E-state index contributed by atoms with van der Waals surface area (Å²) in [4.78, 5) is 16.5. The molecule has 0 aliphatic rings. The van der Waals surface area contributed by atoms with Crippen molar-refractivity contribution in [2.45, 2.75) is 26.4 Å². The van der Waals surface area contributed by atoms with Gasteiger partial charge in [0.2, 0.25) is 0 Å². The molecule has 1 aromatic heterocycles. The second kappa shape index (κ2) is 7.77. The van der Waals surface area contributed by atoms with E-state index in [0.29, 0.717) is 18.1 Å². The molecule has 0 aliphatic heterocycles. The fourth-order valence-corrected chi connectivity index (χ4v) is 2.28. The summed E-state index contributed by atoms with van der Waals surface area (Å²) in [6, 6.07) is 13.1. The smallest absolute Gasteiger partial charge is 0.270 e. The van der Waals surface area contributed by atoms with Gasteiger partial charge in [0.15, 0.2) is 6.10 Å². The van der Waals surface area contributed by atoms with E-state index >= 15 is 0 Å². The van der Waals surface area contributed by atoms with Crippen LogP contribution in [0, 0.1) is 12.7 Å². The third-order valence-electron chi connectivity index (χ3n) is 3.71. The predicted molar refractivity (Wildman–Crippen MR) is 94.2 cm³/mol. The van der Waals surface area contributed by atoms with Crippen LogP contribution in [0.15, 0.2) is 53.1 Å². The molecule has 1 atom stereocenters. The molecular weight excluding hydrogens is 337 g/mol. The summed E-state index contributed by atoms with van der Waals surface area (Å²) in [6.07, 6.45) is -0.340. The zero-order chi connectivity index (χ0) is 18.5. The number of hydrogen-bond acceptors (Lipinski definition) is 5. The Morgan fingerprint density at radius 2 is 1.88 bits per heavy atom. The number of aryl methyl sites for hydroxylation is 1. The molecule has 0 saturated carbocycles. The summed E-state index contributed by atoms with van der Waals surface area (Å²) >= 11 is 0. The Kier molecular flexibility index (Phi) is 5.26. The number of amides is 1. The molecule has 26 heavy (non-hydrogen) atoms. The fraction of sp³-hybridized carbons (Fsp3) is 0.211. The molecule has 0 saturated heterocycles. The predicted octanol–water partition coefficient (Wildman–Crippen LogP) is 3.98. The lowest BCUT2D eigenvalue weighted by Gasteiger charge is -2.15. The molecule has 1 heterocycles. The molecule has 0 spiro atoms. The van der Waals surface area contributed by atoms with Gasteiger partial charge >= 0.3 is 0 Å². The minimum atomic E-state index is -0.762. The molecule has 134 valence electrons. The van der Waals surface area contributed by atoms with Crippen LogP contribution in [0.2, 0.25) is 0 Å². The average molecular weight is 355 g/mol. The highest BCUT2D eigenvalue weighted by atomic mass is 19.1. The van der Waals surface area contributed by atoms with Crippen molar-refractivity contribution in [2.24, 2.45) is 0 Å². The molecule has 0 unspecified atom stereocenters. The summed E-state index contributed by atoms with van der Waals surface area (Å²) in [5.41, 5.74) is 1.88. The first-order valence-corrected chi connectivity index (χ1v) is 8.19. The van der Waals surface area contributed by atoms with Crippen molar-refractivity contribution in [3.05, 3.63) is 59.9 Å². The summed E-state index contributed by atoms with van der Waals surface area (Å²) in [7, 11) is 0. The van der Waals surface area contributed by atoms with Crippen LogP contribution in [-0.4, -0.2) is 22.2 Å². The highest BCUT2D eigenvalue weighted by Gasteiger charge is 2.21. The van der Waals surface area contributed by atoms with Gasteiger partial charge in [0.05, 0.1) is 0 Å². The summed E-state index contributed by atoms with van der Waals surface area (Å²) in [5.74, 6) is -0.000229. The van der Waals surface area contributed by atoms with Gasteiger partial charge in [-0.1, -0.05) is 24.6 Å². The number of halogens is 1. The standard InChI is InChI=1S/C19H18FN3O3/c1-3-16(25-15-10-8-14(20)9-11-15)17(24)21-19-22-18(26-23-19)13-6-4-12(2)5-7-13/h4-11,16H,3H2,1-2H3,(H,21,23,24)/t16-/m0/s1. The highest BCUT2D eigenvalue weighted by molar-refractivity contribution is 5.92. The number of anilines is 1. The van der Waals surface area contributed by atoms with E-state index in [1.54, 1.807) is 0 Å². The summed E-state index contributed by atoms with van der Waals surface area (Å²) < 4.78 is 23.7. The molecule has 7 heteroatoms. The van der Waals surface area contributed by atoms with Crippen LogP contribution < -0.4 is 10.1 Å². The lowest BCUT2D eigenvalue weighted by atomic mass is 10.1. The van der Waals surface area contributed by atoms with Crippen LogP contribution in [0.4, 0.5) is 10.3 Å². The number of ether oxygens (including phenoxy) is 1. The molecule has 3 rings (SSSR count). The van der Waals surface area contributed by atoms with Gasteiger partial charge in [-0.2, -0.15) is 4.98 Å². The topological polar surface area (TPSA) is 77.2 Å². The van der Waals surface area contributed by atoms with E-state index in [1.165, 1.54) is 24.3 Å². The van der Waals surface area contributed by atoms with E-state index in [-0.39, 0.29) is 11.8 Å². The summed E-state index contributed by atoms with van der Waals surface area (Å²) in [6.45, 7) is 3.79. The number of hydrogen-bond donors (Lipinski definition) is 1. The van der Waals surface area contributed by atoms with E-state index in [4.69, 9.17) is 9.26 Å². The minimum absolute atomic E-state index is 0.0618. The number of aromatic nitrogens is 2. The number of carbonyl (C=O) groups excluding carboxylic acids is 1. The summed E-state index contributed by atoms with van der Waals surface area (Å²) in [5, 5.41) is 6.34. The maximum absolute atomic E-state index is 13.0. The number of rotatable bonds is 6. The van der Waals surface area contributed by atoms with Gasteiger partial charge in [0.1, 0.15) is 11.6 Å². The number of nitrogens with one attached hydrogen (secondary N) is 1. The first kappa shape index (κ1) is 17.6. The molecule has 1 N–H and O–H groups in total. The van der Waals surface area contributed by atoms with E-state index in [2.05, 4.69) is 15.5 Å². The molecule has 2 aromatic carbocycles. The van der Waals surface area contributed by atoms with Crippen molar-refractivity contribution in [3.8, 4) is 17.2 Å². The third kappa shape index (κ3) is 4.24. The van der Waals surface area contributed by atoms with Crippen LogP contribution in [0.25, 0.3) is 11.5 Å². The third-order valence-corrected chi connectivity index (χ3v) is 3.71. The monoisotopic (exact) mass is 355 g/mol. The molecule has 3 aromatic rings. The fourth-order valence-electron chi connectivity index (χ4n) is 2.28. The van der Waals surface area contributed by atoms with Gasteiger partial charge in [0, 0.05) is 5.56 Å². The van der Waals surface area contributed by atoms with Crippen molar-refractivity contribution >= 4 is 11.9 Å². The van der Waals surface area contributed by atoms with Crippen molar-refractivity contribution < 1.29 is 18.4 Å². The molecular formula is C19H18FN3O3. The quantitative estimate of drug-likeness (QED) is 0.724. The normalized spacial score (nSPS) is 11.8. The lowest BCUT2D eigenvalue weighted by Crippen LogP contribution is -2.32. The molecule has 0 fully saturated rings. The maximum Gasteiger partial charge on any atom is 0.270 e. The largest absolute Gasteiger partial charge is 0.481 e. The maximum atomic E-state index is 13.0. The van der Waals surface area contributed by atoms with Crippen LogP contribution in [-0.2, 0) is 4.79 Å². The van der Waals surface area contributed by atoms with E-state index in [1.807, 2.05) is 38.1 Å². The number of nitrogens with zero attached hydrogens (tertiary/aromatic N) is 2. The van der Waals surface area contributed by atoms with Gasteiger partial charge in [-0.25, -0.2) is 4.39 Å². The SMILES string of the molecule is CC[C@H](Oc1ccc(F)cc1)C(=O)Nc1noc(-c2ccc(C)cc2)n1. The molecule has 1 amide bonds. The molecule has 6 nitrogen and oxygen atoms in total. The zero-order valence-corrected chi connectivity index (χ0v) is 14.4. The zero-order valence-electron chi connectivity index (χ0n) is 14.4. The molecule has 0 aliphatic carbocycles. The highest BCUT2D eigenvalue weighted by Crippen LogP contribution is 2.20. The Morgan fingerprint density at radius 1 is 1.19 bits per heavy atom. The van der Waals surface area contributed by atoms with Gasteiger partial charge in [-0.15, -0.1) is 0 Å². The van der Waals surface area contributed by atoms with Crippen LogP contribution in [0.3, 0.4) is 0 Å². The van der Waals surface area contributed by atoms with E-state index in [0.717, 1.165) is 11.1 Å². The Labute approximate surface area is 150 Å². The Hall–Kier alpha value is -3.22. The Bertz CT molecular complexity index is 876. The molecule has 0 bridgehead atoms. The first-order chi connectivity index (χ1) is 12.5. The van der Waals surface area contributed by atoms with Crippen molar-refractivity contribution in [2.75, 3.05) is 5.32 Å². The van der Waals surface area contributed by atoms with Crippen LogP contribution in [0.5, 0.6) is 5.75 Å². The van der Waals surface area contributed by atoms with Crippen molar-refractivity contribution in [1.82, 2.24) is 10.1 Å². The van der Waals surface area contributed by atoms with E-state index in [9.17, 15) is 9.18 Å². The van der Waals surface area contributed by atoms with Crippen molar-refractivity contribution in [3.63, 3.8) is 0 Å². The van der Waals surface area contributed by atoms with Gasteiger partial charge in [0.25, 0.3) is 17.7 Å². The number of carbonyl (C=O) groups is 1. The van der Waals surface area contributed by atoms with Gasteiger partial charge < -0.3 is 9.26 Å². The van der Waals surface area contributed by atoms with Crippen molar-refractivity contribution in [1.29, 1.82) is 0 Å². The Morgan fingerprint density at radius 3 is 2.54 bits per heavy atom.